The molecule has 3 rings (SSSR count). The molecule has 0 aromatic carbocycles. The molecular formula is C18H32N2O. The quantitative estimate of drug-likeness (QED) is 0.804. The van der Waals surface area contributed by atoms with Crippen molar-refractivity contribution in [3.63, 3.8) is 0 Å². The fourth-order valence-electron chi connectivity index (χ4n) is 5.09. The number of carbonyl (C=O) groups is 1. The summed E-state index contributed by atoms with van der Waals surface area (Å²) in [6.45, 7) is 4.07. The molecule has 3 fully saturated rings. The molecule has 1 heterocycles. The van der Waals surface area contributed by atoms with Crippen LogP contribution in [-0.2, 0) is 4.79 Å². The molecule has 2 atom stereocenters. The van der Waals surface area contributed by atoms with Crippen molar-refractivity contribution in [1.29, 1.82) is 0 Å². The van der Waals surface area contributed by atoms with Gasteiger partial charge in [-0.2, -0.15) is 0 Å². The number of nitrogens with zero attached hydrogens (tertiary/aromatic N) is 1. The van der Waals surface area contributed by atoms with Gasteiger partial charge in [0.25, 0.3) is 0 Å². The average molecular weight is 292 g/mol. The normalized spacial score (nSPS) is 36.7. The molecule has 3 heteroatoms. The molecule has 120 valence electrons. The number of amides is 1. The standard InChI is InChI=1S/C18H32N2O/c1-17(19)9-6-3-8-15(17)16(21)20-13-7-12-18(14-20)10-4-2-5-11-18/h15H,2-14,19H2,1H3. The summed E-state index contributed by atoms with van der Waals surface area (Å²) >= 11 is 0. The van der Waals surface area contributed by atoms with Gasteiger partial charge >= 0.3 is 0 Å². The van der Waals surface area contributed by atoms with Gasteiger partial charge in [0, 0.05) is 18.6 Å². The van der Waals surface area contributed by atoms with E-state index in [0.717, 1.165) is 25.9 Å². The number of hydrogen-bond donors (Lipinski definition) is 1. The minimum Gasteiger partial charge on any atom is -0.342 e. The lowest BCUT2D eigenvalue weighted by molar-refractivity contribution is -0.143. The predicted molar refractivity (Wildman–Crippen MR) is 85.9 cm³/mol. The Bertz CT molecular complexity index is 379. The van der Waals surface area contributed by atoms with Crippen molar-refractivity contribution in [3.8, 4) is 0 Å². The molecule has 2 N–H and O–H groups in total. The van der Waals surface area contributed by atoms with Gasteiger partial charge in [-0.3, -0.25) is 4.79 Å². The second kappa shape index (κ2) is 5.91. The van der Waals surface area contributed by atoms with E-state index in [1.54, 1.807) is 0 Å². The third kappa shape index (κ3) is 3.13. The Kier molecular flexibility index (Phi) is 4.31. The maximum atomic E-state index is 13.0. The molecule has 2 unspecified atom stereocenters. The van der Waals surface area contributed by atoms with E-state index in [4.69, 9.17) is 5.73 Å². The molecule has 1 aliphatic heterocycles. The lowest BCUT2D eigenvalue weighted by Gasteiger charge is -2.48. The van der Waals surface area contributed by atoms with Crippen molar-refractivity contribution in [3.05, 3.63) is 0 Å². The summed E-state index contributed by atoms with van der Waals surface area (Å²) in [5.74, 6) is 0.425. The summed E-state index contributed by atoms with van der Waals surface area (Å²) in [6.07, 6.45) is 13.7. The average Bonchev–Trinajstić information content (AvgIpc) is 2.47. The van der Waals surface area contributed by atoms with Crippen molar-refractivity contribution in [2.24, 2.45) is 17.1 Å². The smallest absolute Gasteiger partial charge is 0.227 e. The highest BCUT2D eigenvalue weighted by Crippen LogP contribution is 2.44. The largest absolute Gasteiger partial charge is 0.342 e. The topological polar surface area (TPSA) is 46.3 Å². The number of likely N-dealkylation sites (tertiary alicyclic amines) is 1. The maximum absolute atomic E-state index is 13.0. The van der Waals surface area contributed by atoms with Crippen LogP contribution in [-0.4, -0.2) is 29.4 Å². The lowest BCUT2D eigenvalue weighted by Crippen LogP contribution is -2.56. The molecule has 0 aromatic rings. The highest BCUT2D eigenvalue weighted by atomic mass is 16.2. The summed E-state index contributed by atoms with van der Waals surface area (Å²) in [6, 6.07) is 0. The van der Waals surface area contributed by atoms with Crippen LogP contribution in [0.2, 0.25) is 0 Å². The van der Waals surface area contributed by atoms with Crippen LogP contribution in [0.5, 0.6) is 0 Å². The number of hydrogen-bond acceptors (Lipinski definition) is 2. The van der Waals surface area contributed by atoms with Gasteiger partial charge in [-0.15, -0.1) is 0 Å². The van der Waals surface area contributed by atoms with E-state index < -0.39 is 0 Å². The van der Waals surface area contributed by atoms with Crippen LogP contribution in [0, 0.1) is 11.3 Å². The Labute approximate surface area is 129 Å². The van der Waals surface area contributed by atoms with Crippen LogP contribution >= 0.6 is 0 Å². The molecule has 2 saturated carbocycles. The van der Waals surface area contributed by atoms with Gasteiger partial charge in [-0.25, -0.2) is 0 Å². The van der Waals surface area contributed by atoms with Crippen LogP contribution < -0.4 is 5.73 Å². The second-order valence-electron chi connectivity index (χ2n) is 8.23. The van der Waals surface area contributed by atoms with Gasteiger partial charge < -0.3 is 10.6 Å². The van der Waals surface area contributed by atoms with E-state index in [-0.39, 0.29) is 11.5 Å². The number of carbonyl (C=O) groups excluding carboxylic acids is 1. The summed E-state index contributed by atoms with van der Waals surface area (Å²) in [4.78, 5) is 15.2. The Morgan fingerprint density at radius 1 is 1.00 bits per heavy atom. The first-order chi connectivity index (χ1) is 10.0. The first-order valence-electron chi connectivity index (χ1n) is 9.10. The van der Waals surface area contributed by atoms with Crippen LogP contribution in [0.15, 0.2) is 0 Å². The van der Waals surface area contributed by atoms with Gasteiger partial charge in [0.1, 0.15) is 0 Å². The predicted octanol–water partition coefficient (Wildman–Crippen LogP) is 3.47. The maximum Gasteiger partial charge on any atom is 0.227 e. The van der Waals surface area contributed by atoms with Gasteiger partial charge in [-0.1, -0.05) is 32.1 Å². The third-order valence-corrected chi connectivity index (χ3v) is 6.44. The van der Waals surface area contributed by atoms with Crippen molar-refractivity contribution >= 4 is 5.91 Å². The number of piperidine rings is 1. The third-order valence-electron chi connectivity index (χ3n) is 6.44. The van der Waals surface area contributed by atoms with Crippen molar-refractivity contribution in [2.75, 3.05) is 13.1 Å². The first kappa shape index (κ1) is 15.3. The number of nitrogens with two attached hydrogens (primary N) is 1. The molecule has 2 aliphatic carbocycles. The monoisotopic (exact) mass is 292 g/mol. The minimum atomic E-state index is -0.285. The Hall–Kier alpha value is -0.570. The molecule has 0 bridgehead atoms. The molecule has 21 heavy (non-hydrogen) atoms. The number of rotatable bonds is 1. The second-order valence-corrected chi connectivity index (χ2v) is 8.23. The zero-order valence-corrected chi connectivity index (χ0v) is 13.7. The zero-order valence-electron chi connectivity index (χ0n) is 13.7. The van der Waals surface area contributed by atoms with Gasteiger partial charge in [0.15, 0.2) is 0 Å². The van der Waals surface area contributed by atoms with E-state index in [1.165, 1.54) is 57.8 Å². The van der Waals surface area contributed by atoms with E-state index in [1.807, 2.05) is 0 Å². The molecule has 0 radical (unpaired) electrons. The van der Waals surface area contributed by atoms with E-state index >= 15 is 0 Å². The summed E-state index contributed by atoms with van der Waals surface area (Å²) < 4.78 is 0. The summed E-state index contributed by atoms with van der Waals surface area (Å²) in [5.41, 5.74) is 6.62. The SMILES string of the molecule is CC1(N)CCCCC1C(=O)N1CCCC2(CCCCC2)C1. The zero-order chi connectivity index (χ0) is 14.9. The van der Waals surface area contributed by atoms with E-state index in [2.05, 4.69) is 11.8 Å². The first-order valence-corrected chi connectivity index (χ1v) is 9.10. The molecular weight excluding hydrogens is 260 g/mol. The molecule has 1 amide bonds. The van der Waals surface area contributed by atoms with E-state index in [9.17, 15) is 4.79 Å². The van der Waals surface area contributed by atoms with Crippen molar-refractivity contribution in [1.82, 2.24) is 4.90 Å². The van der Waals surface area contributed by atoms with E-state index in [0.29, 0.717) is 11.3 Å². The Morgan fingerprint density at radius 2 is 1.67 bits per heavy atom. The molecule has 1 spiro atoms. The highest BCUT2D eigenvalue weighted by Gasteiger charge is 2.43. The minimum absolute atomic E-state index is 0.0602. The van der Waals surface area contributed by atoms with Gasteiger partial charge in [-0.05, 0) is 50.9 Å². The Balaban J connectivity index is 1.69. The van der Waals surface area contributed by atoms with Crippen molar-refractivity contribution < 1.29 is 4.79 Å². The fourth-order valence-corrected chi connectivity index (χ4v) is 5.09. The van der Waals surface area contributed by atoms with Crippen molar-refractivity contribution in [2.45, 2.75) is 83.1 Å². The van der Waals surface area contributed by atoms with Gasteiger partial charge in [0.2, 0.25) is 5.91 Å². The van der Waals surface area contributed by atoms with Crippen LogP contribution in [0.25, 0.3) is 0 Å². The molecule has 3 aliphatic rings. The van der Waals surface area contributed by atoms with Gasteiger partial charge in [0.05, 0.1) is 5.92 Å². The van der Waals surface area contributed by atoms with Crippen LogP contribution in [0.4, 0.5) is 0 Å². The summed E-state index contributed by atoms with van der Waals surface area (Å²) in [7, 11) is 0. The fraction of sp³-hybridized carbons (Fsp3) is 0.944. The molecule has 0 aromatic heterocycles. The highest BCUT2D eigenvalue weighted by molar-refractivity contribution is 5.80. The lowest BCUT2D eigenvalue weighted by atomic mass is 9.68. The van der Waals surface area contributed by atoms with Crippen LogP contribution in [0.3, 0.4) is 0 Å². The van der Waals surface area contributed by atoms with Crippen LogP contribution in [0.1, 0.15) is 77.6 Å². The Morgan fingerprint density at radius 3 is 2.38 bits per heavy atom. The molecule has 1 saturated heterocycles. The summed E-state index contributed by atoms with van der Waals surface area (Å²) in [5, 5.41) is 0. The molecule has 3 nitrogen and oxygen atoms in total.